The minimum atomic E-state index is -2.57. The molecule has 0 bridgehead atoms. The Balaban J connectivity index is 2.26. The third-order valence-corrected chi connectivity index (χ3v) is 2.87. The maximum atomic E-state index is 12.7. The molecule has 1 aliphatic rings. The Morgan fingerprint density at radius 3 is 2.62 bits per heavy atom. The Morgan fingerprint density at radius 1 is 1.44 bits per heavy atom. The lowest BCUT2D eigenvalue weighted by molar-refractivity contribution is 0.152. The average molecular weight is 228 g/mol. The number of alkyl halides is 2. The van der Waals surface area contributed by atoms with Crippen LogP contribution in [0.3, 0.4) is 0 Å². The lowest BCUT2D eigenvalue weighted by Gasteiger charge is -2.19. The van der Waals surface area contributed by atoms with Gasteiger partial charge in [-0.05, 0) is 31.0 Å². The van der Waals surface area contributed by atoms with E-state index in [0.717, 1.165) is 12.8 Å². The van der Waals surface area contributed by atoms with E-state index in [1.807, 2.05) is 0 Å². The van der Waals surface area contributed by atoms with E-state index >= 15 is 0 Å². The Labute approximate surface area is 92.3 Å². The lowest BCUT2D eigenvalue weighted by Crippen LogP contribution is -2.26. The van der Waals surface area contributed by atoms with Crippen molar-refractivity contribution in [1.82, 2.24) is 0 Å². The zero-order chi connectivity index (χ0) is 11.8. The lowest BCUT2D eigenvalue weighted by atomic mass is 10.1. The van der Waals surface area contributed by atoms with E-state index in [2.05, 4.69) is 5.32 Å². The molecule has 1 saturated carbocycles. The first kappa shape index (κ1) is 11.1. The molecule has 0 saturated heterocycles. The van der Waals surface area contributed by atoms with Gasteiger partial charge < -0.3 is 16.2 Å². The van der Waals surface area contributed by atoms with Crippen molar-refractivity contribution >= 4 is 11.4 Å². The molecule has 1 fully saturated rings. The number of anilines is 2. The molecule has 0 atom stereocenters. The number of aliphatic hydroxyl groups is 1. The summed E-state index contributed by atoms with van der Waals surface area (Å²) in [6.45, 7) is -0.0416. The fraction of sp³-hybridized carbons (Fsp3) is 0.455. The Bertz CT molecular complexity index is 392. The van der Waals surface area contributed by atoms with Gasteiger partial charge in [0, 0.05) is 16.9 Å². The van der Waals surface area contributed by atoms with Gasteiger partial charge in [0.2, 0.25) is 0 Å². The molecule has 88 valence electrons. The number of rotatable bonds is 4. The number of aliphatic hydroxyl groups excluding tert-OH is 1. The number of nitrogen functional groups attached to an aromatic ring is 1. The maximum absolute atomic E-state index is 12.7. The molecule has 0 aromatic heterocycles. The number of nitrogens with one attached hydrogen (secondary N) is 1. The summed E-state index contributed by atoms with van der Waals surface area (Å²) in [5.41, 5.74) is 5.62. The maximum Gasteiger partial charge on any atom is 0.265 e. The van der Waals surface area contributed by atoms with Crippen LogP contribution in [0.15, 0.2) is 18.2 Å². The van der Waals surface area contributed by atoms with Crippen LogP contribution < -0.4 is 11.1 Å². The smallest absolute Gasteiger partial charge is 0.265 e. The molecule has 1 aliphatic carbocycles. The van der Waals surface area contributed by atoms with Crippen molar-refractivity contribution in [3.8, 4) is 0 Å². The molecule has 4 N–H and O–H groups in total. The summed E-state index contributed by atoms with van der Waals surface area (Å²) in [6.07, 6.45) is -0.965. The second kappa shape index (κ2) is 3.90. The molecule has 0 unspecified atom stereocenters. The zero-order valence-electron chi connectivity index (χ0n) is 8.71. The van der Waals surface area contributed by atoms with Crippen molar-refractivity contribution in [2.45, 2.75) is 24.8 Å². The molecule has 0 amide bonds. The van der Waals surface area contributed by atoms with Crippen molar-refractivity contribution < 1.29 is 13.9 Å². The quantitative estimate of drug-likeness (QED) is 0.692. The van der Waals surface area contributed by atoms with Crippen LogP contribution in [-0.4, -0.2) is 17.3 Å². The van der Waals surface area contributed by atoms with Crippen molar-refractivity contribution in [3.05, 3.63) is 23.8 Å². The summed E-state index contributed by atoms with van der Waals surface area (Å²) in [5.74, 6) is 0. The molecule has 16 heavy (non-hydrogen) atoms. The van der Waals surface area contributed by atoms with E-state index in [1.54, 1.807) is 6.07 Å². The zero-order valence-corrected chi connectivity index (χ0v) is 8.71. The number of benzene rings is 1. The Morgan fingerprint density at radius 2 is 2.12 bits per heavy atom. The molecule has 0 radical (unpaired) electrons. The van der Waals surface area contributed by atoms with Crippen LogP contribution in [-0.2, 0) is 0 Å². The highest BCUT2D eigenvalue weighted by molar-refractivity contribution is 5.60. The topological polar surface area (TPSA) is 58.3 Å². The van der Waals surface area contributed by atoms with Gasteiger partial charge in [0.1, 0.15) is 0 Å². The first-order valence-electron chi connectivity index (χ1n) is 5.13. The molecule has 1 aromatic rings. The van der Waals surface area contributed by atoms with Gasteiger partial charge in [-0.1, -0.05) is 0 Å². The van der Waals surface area contributed by atoms with Gasteiger partial charge in [-0.3, -0.25) is 0 Å². The van der Waals surface area contributed by atoms with E-state index in [-0.39, 0.29) is 12.2 Å². The predicted molar refractivity (Wildman–Crippen MR) is 58.5 cm³/mol. The fourth-order valence-corrected chi connectivity index (χ4v) is 1.63. The third-order valence-electron chi connectivity index (χ3n) is 2.87. The molecule has 5 heteroatoms. The number of hydrogen-bond donors (Lipinski definition) is 3. The normalized spacial score (nSPS) is 17.5. The Hall–Kier alpha value is -1.36. The van der Waals surface area contributed by atoms with E-state index in [0.29, 0.717) is 11.4 Å². The van der Waals surface area contributed by atoms with Crippen molar-refractivity contribution in [1.29, 1.82) is 0 Å². The summed E-state index contributed by atoms with van der Waals surface area (Å²) >= 11 is 0. The van der Waals surface area contributed by atoms with Crippen LogP contribution >= 0.6 is 0 Å². The standard InChI is InChI=1S/C11H14F2N2O/c12-10(13)8-5-7(14)1-2-9(8)15-11(6-16)3-4-11/h1-2,5,10,15-16H,3-4,6,14H2. The number of hydrogen-bond acceptors (Lipinski definition) is 3. The molecular weight excluding hydrogens is 214 g/mol. The van der Waals surface area contributed by atoms with Crippen LogP contribution in [0.1, 0.15) is 24.8 Å². The van der Waals surface area contributed by atoms with E-state index in [9.17, 15) is 8.78 Å². The van der Waals surface area contributed by atoms with Gasteiger partial charge in [-0.2, -0.15) is 0 Å². The molecule has 0 spiro atoms. The number of nitrogens with two attached hydrogens (primary N) is 1. The highest BCUT2D eigenvalue weighted by Gasteiger charge is 2.42. The fourth-order valence-electron chi connectivity index (χ4n) is 1.63. The highest BCUT2D eigenvalue weighted by atomic mass is 19.3. The molecule has 1 aromatic carbocycles. The van der Waals surface area contributed by atoms with Crippen LogP contribution in [0, 0.1) is 0 Å². The van der Waals surface area contributed by atoms with Crippen LogP contribution in [0.4, 0.5) is 20.2 Å². The first-order chi connectivity index (χ1) is 7.56. The Kier molecular flexibility index (Phi) is 2.71. The number of halogens is 2. The van der Waals surface area contributed by atoms with Crippen LogP contribution in [0.5, 0.6) is 0 Å². The molecule has 0 aliphatic heterocycles. The SMILES string of the molecule is Nc1ccc(NC2(CO)CC2)c(C(F)F)c1. The molecule has 0 heterocycles. The highest BCUT2D eigenvalue weighted by Crippen LogP contribution is 2.40. The molecular formula is C11H14F2N2O. The van der Waals surface area contributed by atoms with Gasteiger partial charge in [0.25, 0.3) is 6.43 Å². The van der Waals surface area contributed by atoms with E-state index < -0.39 is 12.0 Å². The summed E-state index contributed by atoms with van der Waals surface area (Å²) in [4.78, 5) is 0. The minimum Gasteiger partial charge on any atom is -0.399 e. The van der Waals surface area contributed by atoms with Crippen molar-refractivity contribution in [2.75, 3.05) is 17.7 Å². The van der Waals surface area contributed by atoms with Gasteiger partial charge >= 0.3 is 0 Å². The first-order valence-corrected chi connectivity index (χ1v) is 5.13. The van der Waals surface area contributed by atoms with Gasteiger partial charge in [0.15, 0.2) is 0 Å². The van der Waals surface area contributed by atoms with Crippen LogP contribution in [0.25, 0.3) is 0 Å². The summed E-state index contributed by atoms with van der Waals surface area (Å²) in [6, 6.07) is 4.37. The van der Waals surface area contributed by atoms with Crippen molar-refractivity contribution in [2.24, 2.45) is 0 Å². The largest absolute Gasteiger partial charge is 0.399 e. The molecule has 2 rings (SSSR count). The van der Waals surface area contributed by atoms with Gasteiger partial charge in [-0.15, -0.1) is 0 Å². The predicted octanol–water partition coefficient (Wildman–Crippen LogP) is 2.14. The second-order valence-corrected chi connectivity index (χ2v) is 4.21. The molecule has 3 nitrogen and oxygen atoms in total. The second-order valence-electron chi connectivity index (χ2n) is 4.21. The summed E-state index contributed by atoms with van der Waals surface area (Å²) in [5, 5.41) is 12.1. The van der Waals surface area contributed by atoms with Gasteiger partial charge in [-0.25, -0.2) is 8.78 Å². The van der Waals surface area contributed by atoms with Crippen LogP contribution in [0.2, 0.25) is 0 Å². The average Bonchev–Trinajstić information content (AvgIpc) is 3.01. The third kappa shape index (κ3) is 2.09. The van der Waals surface area contributed by atoms with E-state index in [1.165, 1.54) is 12.1 Å². The monoisotopic (exact) mass is 228 g/mol. The minimum absolute atomic E-state index is 0.0416. The van der Waals surface area contributed by atoms with Gasteiger partial charge in [0.05, 0.1) is 12.1 Å². The summed E-state index contributed by atoms with van der Waals surface area (Å²) < 4.78 is 25.5. The summed E-state index contributed by atoms with van der Waals surface area (Å²) in [7, 11) is 0. The van der Waals surface area contributed by atoms with E-state index in [4.69, 9.17) is 10.8 Å². The van der Waals surface area contributed by atoms with Crippen molar-refractivity contribution in [3.63, 3.8) is 0 Å².